The Morgan fingerprint density at radius 2 is 2.00 bits per heavy atom. The van der Waals surface area contributed by atoms with Crippen molar-refractivity contribution in [1.82, 2.24) is 19.6 Å². The zero-order chi connectivity index (χ0) is 13.4. The molecule has 3 rings (SSSR count). The molecule has 5 nitrogen and oxygen atoms in total. The monoisotopic (exact) mass is 261 g/mol. The average molecular weight is 261 g/mol. The third kappa shape index (κ3) is 1.99. The molecule has 0 unspecified atom stereocenters. The van der Waals surface area contributed by atoms with Gasteiger partial charge in [0.1, 0.15) is 0 Å². The van der Waals surface area contributed by atoms with Crippen molar-refractivity contribution in [2.75, 3.05) is 5.73 Å². The van der Waals surface area contributed by atoms with E-state index in [-0.39, 0.29) is 11.5 Å². The fourth-order valence-corrected chi connectivity index (χ4v) is 1.83. The van der Waals surface area contributed by atoms with Crippen molar-refractivity contribution in [2.45, 2.75) is 6.43 Å². The lowest BCUT2D eigenvalue weighted by Gasteiger charge is -2.04. The maximum Gasteiger partial charge on any atom is 0.263 e. The molecule has 19 heavy (non-hydrogen) atoms. The van der Waals surface area contributed by atoms with Crippen LogP contribution in [0.1, 0.15) is 12.0 Å². The number of anilines is 1. The Balaban J connectivity index is 2.18. The van der Waals surface area contributed by atoms with Crippen LogP contribution in [0.25, 0.3) is 16.9 Å². The first-order valence-electron chi connectivity index (χ1n) is 5.50. The van der Waals surface area contributed by atoms with Crippen molar-refractivity contribution in [3.63, 3.8) is 0 Å². The van der Waals surface area contributed by atoms with Gasteiger partial charge in [0, 0.05) is 11.8 Å². The fraction of sp³-hybridized carbons (Fsp3) is 0.0833. The highest BCUT2D eigenvalue weighted by Crippen LogP contribution is 2.24. The number of rotatable bonds is 2. The summed E-state index contributed by atoms with van der Waals surface area (Å²) in [6.07, 6.45) is 0.372. The molecule has 0 aromatic carbocycles. The Labute approximate surface area is 106 Å². The molecule has 0 amide bonds. The number of alkyl halides is 2. The summed E-state index contributed by atoms with van der Waals surface area (Å²) in [4.78, 5) is 7.95. The van der Waals surface area contributed by atoms with Gasteiger partial charge in [-0.15, -0.1) is 5.10 Å². The summed E-state index contributed by atoms with van der Waals surface area (Å²) < 4.78 is 26.9. The lowest BCUT2D eigenvalue weighted by molar-refractivity contribution is 0.151. The Kier molecular flexibility index (Phi) is 2.59. The lowest BCUT2D eigenvalue weighted by Crippen LogP contribution is -2.02. The van der Waals surface area contributed by atoms with Gasteiger partial charge in [0.2, 0.25) is 5.95 Å². The molecule has 7 heteroatoms. The van der Waals surface area contributed by atoms with Gasteiger partial charge in [-0.05, 0) is 24.3 Å². The highest BCUT2D eigenvalue weighted by atomic mass is 19.3. The molecule has 96 valence electrons. The molecule has 0 spiro atoms. The highest BCUT2D eigenvalue weighted by molar-refractivity contribution is 5.63. The molecule has 0 aliphatic heterocycles. The Morgan fingerprint density at radius 1 is 1.16 bits per heavy atom. The van der Waals surface area contributed by atoms with Crippen LogP contribution in [0, 0.1) is 0 Å². The average Bonchev–Trinajstić information content (AvgIpc) is 2.81. The first-order valence-corrected chi connectivity index (χ1v) is 5.50. The normalized spacial score (nSPS) is 11.3. The number of halogens is 2. The van der Waals surface area contributed by atoms with Gasteiger partial charge >= 0.3 is 0 Å². The zero-order valence-electron chi connectivity index (χ0n) is 9.66. The number of nitrogens with two attached hydrogens (primary N) is 1. The topological polar surface area (TPSA) is 69.1 Å². The summed E-state index contributed by atoms with van der Waals surface area (Å²) >= 11 is 0. The zero-order valence-corrected chi connectivity index (χ0v) is 9.66. The summed E-state index contributed by atoms with van der Waals surface area (Å²) in [5, 5.41) is 4.04. The molecule has 0 aliphatic carbocycles. The third-order valence-corrected chi connectivity index (χ3v) is 2.71. The quantitative estimate of drug-likeness (QED) is 0.768. The number of nitrogens with zero attached hydrogens (tertiary/aromatic N) is 4. The molecule has 0 saturated heterocycles. The van der Waals surface area contributed by atoms with E-state index in [1.54, 1.807) is 18.3 Å². The number of pyridine rings is 1. The SMILES string of the molecule is Nc1ncc2ccc(-c3cc(C(F)F)ccn3)n2n1. The smallest absolute Gasteiger partial charge is 0.263 e. The van der Waals surface area contributed by atoms with Crippen LogP contribution in [0.3, 0.4) is 0 Å². The van der Waals surface area contributed by atoms with Crippen LogP contribution in [-0.2, 0) is 0 Å². The van der Waals surface area contributed by atoms with Crippen molar-refractivity contribution in [3.8, 4) is 11.4 Å². The molecule has 3 aromatic rings. The number of fused-ring (bicyclic) bond motifs is 1. The van der Waals surface area contributed by atoms with Gasteiger partial charge in [-0.3, -0.25) is 4.98 Å². The van der Waals surface area contributed by atoms with Gasteiger partial charge in [-0.1, -0.05) is 0 Å². The molecule has 0 atom stereocenters. The van der Waals surface area contributed by atoms with Crippen LogP contribution < -0.4 is 5.73 Å². The van der Waals surface area contributed by atoms with Crippen LogP contribution in [0.15, 0.2) is 36.7 Å². The lowest BCUT2D eigenvalue weighted by atomic mass is 10.2. The van der Waals surface area contributed by atoms with E-state index in [1.165, 1.54) is 22.8 Å². The van der Waals surface area contributed by atoms with Gasteiger partial charge in [0.05, 0.1) is 23.1 Å². The second-order valence-electron chi connectivity index (χ2n) is 3.95. The molecule has 0 radical (unpaired) electrons. The van der Waals surface area contributed by atoms with Crippen LogP contribution >= 0.6 is 0 Å². The molecule has 3 heterocycles. The van der Waals surface area contributed by atoms with Crippen molar-refractivity contribution in [3.05, 3.63) is 42.2 Å². The van der Waals surface area contributed by atoms with Gasteiger partial charge in [0.15, 0.2) is 0 Å². The first kappa shape index (κ1) is 11.5. The standard InChI is InChI=1S/C12H9F2N5/c13-11(14)7-3-4-16-9(5-7)10-2-1-8-6-17-12(15)18-19(8)10/h1-6,11H,(H2,15,18). The minimum atomic E-state index is -2.53. The molecule has 0 saturated carbocycles. The maximum atomic E-state index is 12.7. The predicted molar refractivity (Wildman–Crippen MR) is 65.6 cm³/mol. The second-order valence-corrected chi connectivity index (χ2v) is 3.95. The first-order chi connectivity index (χ1) is 9.15. The third-order valence-electron chi connectivity index (χ3n) is 2.71. The van der Waals surface area contributed by atoms with Gasteiger partial charge < -0.3 is 5.73 Å². The van der Waals surface area contributed by atoms with Crippen molar-refractivity contribution >= 4 is 11.5 Å². The molecule has 0 bridgehead atoms. The van der Waals surface area contributed by atoms with E-state index in [0.29, 0.717) is 16.9 Å². The second kappa shape index (κ2) is 4.27. The largest absolute Gasteiger partial charge is 0.367 e. The van der Waals surface area contributed by atoms with E-state index in [2.05, 4.69) is 15.1 Å². The van der Waals surface area contributed by atoms with Gasteiger partial charge in [0.25, 0.3) is 6.43 Å². The van der Waals surface area contributed by atoms with E-state index >= 15 is 0 Å². The molecule has 0 aliphatic rings. The summed E-state index contributed by atoms with van der Waals surface area (Å²) in [7, 11) is 0. The number of aromatic nitrogens is 4. The summed E-state index contributed by atoms with van der Waals surface area (Å²) in [5.41, 5.74) is 7.16. The van der Waals surface area contributed by atoms with Crippen LogP contribution in [0.4, 0.5) is 14.7 Å². The minimum absolute atomic E-state index is 0.0815. The fourth-order valence-electron chi connectivity index (χ4n) is 1.83. The Hall–Kier alpha value is -2.57. The van der Waals surface area contributed by atoms with E-state index < -0.39 is 6.43 Å². The van der Waals surface area contributed by atoms with Crippen molar-refractivity contribution < 1.29 is 8.78 Å². The predicted octanol–water partition coefficient (Wildman–Crippen LogP) is 2.31. The number of hydrogen-bond acceptors (Lipinski definition) is 4. The molecule has 2 N–H and O–H groups in total. The minimum Gasteiger partial charge on any atom is -0.367 e. The van der Waals surface area contributed by atoms with Gasteiger partial charge in [-0.2, -0.15) is 0 Å². The highest BCUT2D eigenvalue weighted by Gasteiger charge is 2.12. The summed E-state index contributed by atoms with van der Waals surface area (Å²) in [6.45, 7) is 0. The van der Waals surface area contributed by atoms with E-state index in [9.17, 15) is 8.78 Å². The van der Waals surface area contributed by atoms with E-state index in [1.807, 2.05) is 0 Å². The van der Waals surface area contributed by atoms with Crippen LogP contribution in [0.2, 0.25) is 0 Å². The van der Waals surface area contributed by atoms with Gasteiger partial charge in [-0.25, -0.2) is 18.3 Å². The molecular weight excluding hydrogens is 252 g/mol. The Bertz CT molecular complexity index is 738. The molecule has 3 aromatic heterocycles. The number of nitrogen functional groups attached to an aromatic ring is 1. The van der Waals surface area contributed by atoms with Crippen molar-refractivity contribution in [2.24, 2.45) is 0 Å². The molecule has 0 fully saturated rings. The summed E-state index contributed by atoms with van der Waals surface area (Å²) in [6, 6.07) is 6.13. The van der Waals surface area contributed by atoms with E-state index in [0.717, 1.165) is 0 Å². The number of hydrogen-bond donors (Lipinski definition) is 1. The van der Waals surface area contributed by atoms with E-state index in [4.69, 9.17) is 5.73 Å². The molecular formula is C12H9F2N5. The van der Waals surface area contributed by atoms with Crippen molar-refractivity contribution in [1.29, 1.82) is 0 Å². The maximum absolute atomic E-state index is 12.7. The summed E-state index contributed by atoms with van der Waals surface area (Å²) in [5.74, 6) is 0.106. The Morgan fingerprint density at radius 3 is 2.79 bits per heavy atom. The van der Waals surface area contributed by atoms with Crippen LogP contribution in [-0.4, -0.2) is 19.6 Å². The van der Waals surface area contributed by atoms with Crippen LogP contribution in [0.5, 0.6) is 0 Å².